The second-order valence-corrected chi connectivity index (χ2v) is 10.0. The molecule has 0 saturated carbocycles. The van der Waals surface area contributed by atoms with Gasteiger partial charge in [0.2, 0.25) is 0 Å². The summed E-state index contributed by atoms with van der Waals surface area (Å²) in [7, 11) is -6.58. The van der Waals surface area contributed by atoms with Crippen molar-refractivity contribution in [3.63, 3.8) is 0 Å². The third kappa shape index (κ3) is 5.19. The van der Waals surface area contributed by atoms with Gasteiger partial charge in [0, 0.05) is 0 Å². The Labute approximate surface area is 134 Å². The lowest BCUT2D eigenvalue weighted by Crippen LogP contribution is -2.10. The van der Waals surface area contributed by atoms with E-state index in [9.17, 15) is 13.0 Å². The Balaban J connectivity index is 0.000000257. The lowest BCUT2D eigenvalue weighted by atomic mass is 10.1. The summed E-state index contributed by atoms with van der Waals surface area (Å²) in [5.41, 5.74) is 0. The molecule has 0 amide bonds. The van der Waals surface area contributed by atoms with Gasteiger partial charge in [-0.2, -0.15) is 0 Å². The lowest BCUT2D eigenvalue weighted by Gasteiger charge is -2.15. The highest BCUT2D eigenvalue weighted by Gasteiger charge is 2.34. The number of benzene rings is 2. The first-order chi connectivity index (χ1) is 10.8. The molecule has 9 heteroatoms. The molecule has 128 valence electrons. The Hall–Kier alpha value is -1.12. The molecule has 0 spiro atoms. The maximum atomic E-state index is 10.9. The topological polar surface area (TPSA) is 138 Å². The Morgan fingerprint density at radius 1 is 0.826 bits per heavy atom. The number of rotatable bonds is 5. The largest absolute Gasteiger partial charge is 0.744 e. The summed E-state index contributed by atoms with van der Waals surface area (Å²) < 4.78 is 32.7. The van der Waals surface area contributed by atoms with Gasteiger partial charge in [-0.25, -0.2) is 8.42 Å². The van der Waals surface area contributed by atoms with Gasteiger partial charge in [0.1, 0.15) is 17.4 Å². The zero-order valence-corrected chi connectivity index (χ0v) is 13.9. The van der Waals surface area contributed by atoms with Gasteiger partial charge in [-0.3, -0.25) is 0 Å². The van der Waals surface area contributed by atoms with Crippen LogP contribution in [0.4, 0.5) is 0 Å². The molecule has 23 heavy (non-hydrogen) atoms. The zero-order valence-electron chi connectivity index (χ0n) is 12.2. The summed E-state index contributed by atoms with van der Waals surface area (Å²) in [5, 5.41) is 35.4. The predicted molar refractivity (Wildman–Crippen MR) is 87.2 cm³/mol. The zero-order chi connectivity index (χ0) is 17.5. The van der Waals surface area contributed by atoms with E-state index in [2.05, 4.69) is 0 Å². The van der Waals surface area contributed by atoms with Gasteiger partial charge < -0.3 is 25.0 Å². The van der Waals surface area contributed by atoms with Crippen molar-refractivity contribution in [1.82, 2.24) is 0 Å². The Morgan fingerprint density at radius 3 is 1.74 bits per heavy atom. The molecule has 0 fully saturated rings. The van der Waals surface area contributed by atoms with Crippen LogP contribution in [0.2, 0.25) is 0 Å². The van der Waals surface area contributed by atoms with E-state index in [1.165, 1.54) is 6.07 Å². The first-order valence-electron chi connectivity index (χ1n) is 6.56. The van der Waals surface area contributed by atoms with Gasteiger partial charge in [-0.15, -0.1) is 0 Å². The number of aliphatic hydroxyl groups is 4. The second kappa shape index (κ2) is 8.65. The minimum atomic E-state index is -4.38. The molecule has 2 aromatic carbocycles. The monoisotopic (exact) mass is 362 g/mol. The summed E-state index contributed by atoms with van der Waals surface area (Å²) in [5.74, 6) is 0. The fourth-order valence-electron chi connectivity index (χ4n) is 1.68. The van der Waals surface area contributed by atoms with Crippen LogP contribution in [0.3, 0.4) is 0 Å². The van der Waals surface area contributed by atoms with Crippen LogP contribution in [0, 0.1) is 0 Å². The van der Waals surface area contributed by atoms with Gasteiger partial charge in [0.15, 0.2) is 25.4 Å². The van der Waals surface area contributed by atoms with Crippen LogP contribution in [-0.4, -0.2) is 58.8 Å². The van der Waals surface area contributed by atoms with Gasteiger partial charge in [-0.05, 0) is 16.8 Å². The molecule has 0 aliphatic rings. The van der Waals surface area contributed by atoms with Crippen LogP contribution >= 0.6 is 7.26 Å². The Bertz CT molecular complexity index is 706. The Morgan fingerprint density at radius 2 is 1.30 bits per heavy atom. The Kier molecular flexibility index (Phi) is 7.50. The standard InChI is InChI=1S/C10H8O3S.C4H12O4P/c11-14(12,13)10-7-3-5-8-4-1-2-6-9(8)10;5-1-9(2-6,3-7)4-8/h1-7H,(H,11,12,13);5-8H,1-4H2/q;+1/p-1. The molecule has 0 aliphatic carbocycles. The van der Waals surface area contributed by atoms with E-state index in [1.807, 2.05) is 0 Å². The molecule has 2 aromatic rings. The first-order valence-corrected chi connectivity index (χ1v) is 10.5. The molecule has 0 aromatic heterocycles. The lowest BCUT2D eigenvalue weighted by molar-refractivity contribution is 0.288. The van der Waals surface area contributed by atoms with E-state index in [-0.39, 0.29) is 30.3 Å². The van der Waals surface area contributed by atoms with Crippen molar-refractivity contribution in [3.05, 3.63) is 42.5 Å². The molecule has 0 aliphatic heterocycles. The van der Waals surface area contributed by atoms with E-state index < -0.39 is 17.4 Å². The van der Waals surface area contributed by atoms with Gasteiger partial charge >= 0.3 is 0 Å². The highest BCUT2D eigenvalue weighted by molar-refractivity contribution is 7.86. The van der Waals surface area contributed by atoms with Gasteiger partial charge in [0.25, 0.3) is 0 Å². The number of aliphatic hydroxyl groups excluding tert-OH is 4. The first kappa shape index (κ1) is 19.9. The van der Waals surface area contributed by atoms with Crippen LogP contribution in [0.15, 0.2) is 47.4 Å². The minimum Gasteiger partial charge on any atom is -0.744 e. The average molecular weight is 362 g/mol. The summed E-state index contributed by atoms with van der Waals surface area (Å²) in [6, 6.07) is 11.5. The maximum absolute atomic E-state index is 10.9. The summed E-state index contributed by atoms with van der Waals surface area (Å²) >= 11 is 0. The van der Waals surface area contributed by atoms with Crippen molar-refractivity contribution < 1.29 is 33.4 Å². The molecular formula is C14H19O7PS. The molecule has 0 bridgehead atoms. The summed E-state index contributed by atoms with van der Waals surface area (Å²) in [6.07, 6.45) is -1.18. The number of fused-ring (bicyclic) bond motifs is 1. The second-order valence-electron chi connectivity index (χ2n) is 4.84. The molecule has 0 atom stereocenters. The van der Waals surface area contributed by atoms with Crippen LogP contribution in [0.5, 0.6) is 0 Å². The molecule has 0 radical (unpaired) electrons. The van der Waals surface area contributed by atoms with Gasteiger partial charge in [-0.1, -0.05) is 36.4 Å². The highest BCUT2D eigenvalue weighted by atomic mass is 32.2. The number of hydrogen-bond acceptors (Lipinski definition) is 7. The number of hydrogen-bond donors (Lipinski definition) is 4. The smallest absolute Gasteiger partial charge is 0.161 e. The van der Waals surface area contributed by atoms with Crippen LogP contribution in [0.1, 0.15) is 0 Å². The van der Waals surface area contributed by atoms with Crippen molar-refractivity contribution in [3.8, 4) is 0 Å². The van der Waals surface area contributed by atoms with E-state index in [1.54, 1.807) is 36.4 Å². The molecule has 0 heterocycles. The van der Waals surface area contributed by atoms with Crippen molar-refractivity contribution in [1.29, 1.82) is 0 Å². The van der Waals surface area contributed by atoms with Crippen LogP contribution in [0.25, 0.3) is 10.8 Å². The SMILES string of the molecule is O=S(=O)([O-])c1cccc2ccccc12.OC[P+](CO)(CO)CO. The van der Waals surface area contributed by atoms with E-state index in [0.717, 1.165) is 5.39 Å². The molecule has 4 N–H and O–H groups in total. The van der Waals surface area contributed by atoms with Crippen molar-refractivity contribution in [2.24, 2.45) is 0 Å². The highest BCUT2D eigenvalue weighted by Crippen LogP contribution is 2.54. The summed E-state index contributed by atoms with van der Waals surface area (Å²) in [4.78, 5) is -0.157. The quantitative estimate of drug-likeness (QED) is 0.450. The third-order valence-corrected chi connectivity index (χ3v) is 6.51. The van der Waals surface area contributed by atoms with Crippen molar-refractivity contribution in [2.45, 2.75) is 4.90 Å². The fraction of sp³-hybridized carbons (Fsp3) is 0.286. The molecule has 0 unspecified atom stereocenters. The van der Waals surface area contributed by atoms with Crippen LogP contribution in [-0.2, 0) is 10.1 Å². The van der Waals surface area contributed by atoms with Gasteiger partial charge in [0.05, 0.1) is 4.90 Å². The fourth-order valence-corrected chi connectivity index (χ4v) is 2.92. The molecule has 2 rings (SSSR count). The molecule has 7 nitrogen and oxygen atoms in total. The molecule has 0 saturated heterocycles. The third-order valence-electron chi connectivity index (χ3n) is 3.22. The predicted octanol–water partition coefficient (Wildman–Crippen LogP) is 0.547. The van der Waals surface area contributed by atoms with Crippen molar-refractivity contribution >= 4 is 28.2 Å². The summed E-state index contributed by atoms with van der Waals surface area (Å²) in [6.45, 7) is 0. The average Bonchev–Trinajstić information content (AvgIpc) is 2.57. The van der Waals surface area contributed by atoms with E-state index >= 15 is 0 Å². The molecular weight excluding hydrogens is 343 g/mol. The van der Waals surface area contributed by atoms with Crippen LogP contribution < -0.4 is 0 Å². The van der Waals surface area contributed by atoms with E-state index in [0.29, 0.717) is 5.39 Å². The normalized spacial score (nSPS) is 11.9. The van der Waals surface area contributed by atoms with E-state index in [4.69, 9.17) is 20.4 Å². The minimum absolute atomic E-state index is 0.157. The van der Waals surface area contributed by atoms with Crippen molar-refractivity contribution in [2.75, 3.05) is 25.4 Å². The maximum Gasteiger partial charge on any atom is 0.161 e.